The number of rotatable bonds is 8. The first kappa shape index (κ1) is 16.9. The molecule has 1 aromatic rings. The Labute approximate surface area is 122 Å². The first-order valence-electron chi connectivity index (χ1n) is 7.01. The van der Waals surface area contributed by atoms with Gasteiger partial charge in [0.15, 0.2) is 0 Å². The maximum Gasteiger partial charge on any atom is 0.240 e. The molecule has 0 unspecified atom stereocenters. The van der Waals surface area contributed by atoms with E-state index < -0.39 is 10.0 Å². The van der Waals surface area contributed by atoms with Crippen LogP contribution in [0.25, 0.3) is 0 Å². The molecule has 1 aromatic carbocycles. The van der Waals surface area contributed by atoms with Crippen molar-refractivity contribution in [3.63, 3.8) is 0 Å². The zero-order chi connectivity index (χ0) is 15.2. The first-order valence-corrected chi connectivity index (χ1v) is 8.49. The molecule has 0 aliphatic heterocycles. The second-order valence-electron chi connectivity index (χ2n) is 4.84. The molecule has 0 amide bonds. The number of anilines is 1. The fraction of sp³-hybridized carbons (Fsp3) is 0.571. The average molecular weight is 299 g/mol. The van der Waals surface area contributed by atoms with Crippen LogP contribution < -0.4 is 15.8 Å². The van der Waals surface area contributed by atoms with Crippen molar-refractivity contribution in [1.29, 1.82) is 0 Å². The zero-order valence-electron chi connectivity index (χ0n) is 12.4. The Balaban J connectivity index is 2.92. The van der Waals surface area contributed by atoms with Crippen molar-refractivity contribution in [2.24, 2.45) is 5.73 Å². The maximum atomic E-state index is 11.8. The quantitative estimate of drug-likeness (QED) is 0.684. The summed E-state index contributed by atoms with van der Waals surface area (Å²) < 4.78 is 26.2. The van der Waals surface area contributed by atoms with Crippen molar-refractivity contribution in [3.8, 4) is 0 Å². The molecule has 0 saturated carbocycles. The Morgan fingerprint density at radius 2 is 1.65 bits per heavy atom. The fourth-order valence-corrected chi connectivity index (χ4v) is 3.10. The fourth-order valence-electron chi connectivity index (χ4n) is 2.06. The highest BCUT2D eigenvalue weighted by atomic mass is 32.2. The molecular weight excluding hydrogens is 274 g/mol. The van der Waals surface area contributed by atoms with E-state index in [2.05, 4.69) is 23.9 Å². The smallest absolute Gasteiger partial charge is 0.240 e. The highest BCUT2D eigenvalue weighted by Gasteiger charge is 2.23. The minimum absolute atomic E-state index is 0.137. The van der Waals surface area contributed by atoms with Crippen molar-refractivity contribution in [3.05, 3.63) is 24.3 Å². The largest absolute Gasteiger partial charge is 0.378 e. The molecule has 0 atom stereocenters. The third kappa shape index (κ3) is 3.94. The highest BCUT2D eigenvalue weighted by molar-refractivity contribution is 7.89. The van der Waals surface area contributed by atoms with Crippen LogP contribution in [-0.4, -0.2) is 27.0 Å². The molecule has 0 spiro atoms. The number of hydrogen-bond donors (Lipinski definition) is 3. The number of hydrogen-bond acceptors (Lipinski definition) is 4. The lowest BCUT2D eigenvalue weighted by molar-refractivity contribution is 0.445. The molecule has 6 heteroatoms. The molecule has 5 nitrogen and oxygen atoms in total. The van der Waals surface area contributed by atoms with Crippen LogP contribution in [0.1, 0.15) is 33.6 Å². The summed E-state index contributed by atoms with van der Waals surface area (Å²) in [5.41, 5.74) is 6.59. The lowest BCUT2D eigenvalue weighted by atomic mass is 9.92. The van der Waals surface area contributed by atoms with Gasteiger partial charge < -0.3 is 11.1 Å². The minimum atomic E-state index is -3.39. The first-order chi connectivity index (χ1) is 9.43. The van der Waals surface area contributed by atoms with Gasteiger partial charge in [-0.2, -0.15) is 0 Å². The van der Waals surface area contributed by atoms with Gasteiger partial charge in [0, 0.05) is 24.3 Å². The molecule has 0 bridgehead atoms. The summed E-state index contributed by atoms with van der Waals surface area (Å²) in [6.07, 6.45) is 1.83. The van der Waals surface area contributed by atoms with Crippen LogP contribution in [0.15, 0.2) is 29.2 Å². The summed E-state index contributed by atoms with van der Waals surface area (Å²) in [5, 5.41) is 3.41. The molecule has 0 aromatic heterocycles. The van der Waals surface area contributed by atoms with Crippen molar-refractivity contribution in [1.82, 2.24) is 4.72 Å². The van der Waals surface area contributed by atoms with Crippen molar-refractivity contribution in [2.75, 3.05) is 18.4 Å². The second-order valence-corrected chi connectivity index (χ2v) is 6.61. The monoisotopic (exact) mass is 299 g/mol. The summed E-state index contributed by atoms with van der Waals surface area (Å²) in [7, 11) is -3.39. The van der Waals surface area contributed by atoms with Crippen LogP contribution in [0.3, 0.4) is 0 Å². The summed E-state index contributed by atoms with van der Waals surface area (Å²) >= 11 is 0. The molecule has 0 aliphatic rings. The van der Waals surface area contributed by atoms with Crippen LogP contribution >= 0.6 is 0 Å². The van der Waals surface area contributed by atoms with Gasteiger partial charge in [0.1, 0.15) is 0 Å². The van der Waals surface area contributed by atoms with E-state index in [0.29, 0.717) is 13.1 Å². The third-order valence-electron chi connectivity index (χ3n) is 3.65. The molecule has 4 N–H and O–H groups in total. The van der Waals surface area contributed by atoms with Crippen LogP contribution in [0, 0.1) is 0 Å². The zero-order valence-corrected chi connectivity index (χ0v) is 13.3. The number of nitrogens with two attached hydrogens (primary N) is 1. The maximum absolute atomic E-state index is 11.8. The van der Waals surface area contributed by atoms with Gasteiger partial charge in [0.2, 0.25) is 10.0 Å². The molecule has 0 saturated heterocycles. The van der Waals surface area contributed by atoms with Crippen LogP contribution in [0.2, 0.25) is 0 Å². The highest BCUT2D eigenvalue weighted by Crippen LogP contribution is 2.22. The topological polar surface area (TPSA) is 84.2 Å². The lowest BCUT2D eigenvalue weighted by Gasteiger charge is -2.32. The van der Waals surface area contributed by atoms with Gasteiger partial charge in [-0.05, 0) is 37.1 Å². The van der Waals surface area contributed by atoms with E-state index in [0.717, 1.165) is 18.5 Å². The van der Waals surface area contributed by atoms with E-state index in [4.69, 9.17) is 5.73 Å². The number of benzene rings is 1. The lowest BCUT2D eigenvalue weighted by Crippen LogP contribution is -2.44. The third-order valence-corrected chi connectivity index (χ3v) is 5.21. The van der Waals surface area contributed by atoms with Gasteiger partial charge in [0.25, 0.3) is 0 Å². The SMILES string of the molecule is CCNS(=O)(=O)c1ccc(NC(CC)(CC)CN)cc1. The average Bonchev–Trinajstić information content (AvgIpc) is 2.45. The van der Waals surface area contributed by atoms with E-state index >= 15 is 0 Å². The van der Waals surface area contributed by atoms with Gasteiger partial charge in [-0.3, -0.25) is 0 Å². The molecule has 0 fully saturated rings. The Morgan fingerprint density at radius 3 is 2.05 bits per heavy atom. The van der Waals surface area contributed by atoms with Gasteiger partial charge in [0.05, 0.1) is 4.90 Å². The van der Waals surface area contributed by atoms with Crippen molar-refractivity contribution in [2.45, 2.75) is 44.0 Å². The van der Waals surface area contributed by atoms with E-state index in [9.17, 15) is 8.42 Å². The summed E-state index contributed by atoms with van der Waals surface area (Å²) in [6, 6.07) is 6.76. The summed E-state index contributed by atoms with van der Waals surface area (Å²) in [6.45, 7) is 6.86. The van der Waals surface area contributed by atoms with Crippen LogP contribution in [0.5, 0.6) is 0 Å². The number of sulfonamides is 1. The molecule has 0 heterocycles. The van der Waals surface area contributed by atoms with Crippen LogP contribution in [0.4, 0.5) is 5.69 Å². The normalized spacial score (nSPS) is 12.4. The van der Waals surface area contributed by atoms with Gasteiger partial charge in [-0.25, -0.2) is 13.1 Å². The van der Waals surface area contributed by atoms with E-state index in [1.807, 2.05) is 0 Å². The van der Waals surface area contributed by atoms with E-state index in [1.165, 1.54) is 0 Å². The van der Waals surface area contributed by atoms with E-state index in [-0.39, 0.29) is 10.4 Å². The summed E-state index contributed by atoms with van der Waals surface area (Å²) in [4.78, 5) is 0.274. The molecule has 114 valence electrons. The minimum Gasteiger partial charge on any atom is -0.378 e. The molecular formula is C14H25N3O2S. The van der Waals surface area contributed by atoms with Crippen LogP contribution in [-0.2, 0) is 10.0 Å². The Hall–Kier alpha value is -1.11. The Bertz CT molecular complexity index is 499. The second kappa shape index (κ2) is 7.06. The van der Waals surface area contributed by atoms with Gasteiger partial charge >= 0.3 is 0 Å². The summed E-state index contributed by atoms with van der Waals surface area (Å²) in [5.74, 6) is 0. The molecule has 1 rings (SSSR count). The predicted molar refractivity (Wildman–Crippen MR) is 83.3 cm³/mol. The van der Waals surface area contributed by atoms with Gasteiger partial charge in [-0.1, -0.05) is 20.8 Å². The molecule has 0 radical (unpaired) electrons. The Morgan fingerprint density at radius 1 is 1.10 bits per heavy atom. The molecule has 0 aliphatic carbocycles. The predicted octanol–water partition coefficient (Wildman–Crippen LogP) is 1.91. The van der Waals surface area contributed by atoms with Crippen molar-refractivity contribution >= 4 is 15.7 Å². The van der Waals surface area contributed by atoms with Crippen molar-refractivity contribution < 1.29 is 8.42 Å². The standard InChI is InChI=1S/C14H25N3O2S/c1-4-14(5-2,11-15)17-12-7-9-13(10-8-12)20(18,19)16-6-3/h7-10,16-17H,4-6,11,15H2,1-3H3. The Kier molecular flexibility index (Phi) is 5.98. The molecule has 20 heavy (non-hydrogen) atoms. The van der Waals surface area contributed by atoms with E-state index in [1.54, 1.807) is 31.2 Å². The van der Waals surface area contributed by atoms with Gasteiger partial charge in [-0.15, -0.1) is 0 Å². The number of nitrogens with one attached hydrogen (secondary N) is 2.